The summed E-state index contributed by atoms with van der Waals surface area (Å²) in [6, 6.07) is 12.3. The first-order valence-electron chi connectivity index (χ1n) is 10.7. The van der Waals surface area contributed by atoms with Gasteiger partial charge in [0.25, 0.3) is 0 Å². The monoisotopic (exact) mass is 484 g/mol. The minimum atomic E-state index is 0.231. The Kier molecular flexibility index (Phi) is 6.87. The van der Waals surface area contributed by atoms with E-state index in [1.807, 2.05) is 19.1 Å². The third kappa shape index (κ3) is 4.91. The molecule has 0 unspecified atom stereocenters. The van der Waals surface area contributed by atoms with Crippen LogP contribution in [-0.4, -0.2) is 39.1 Å². The number of benzene rings is 1. The van der Waals surface area contributed by atoms with Gasteiger partial charge >= 0.3 is 0 Å². The minimum absolute atomic E-state index is 0.231. The summed E-state index contributed by atoms with van der Waals surface area (Å²) < 4.78 is 13.6. The molecule has 1 fully saturated rings. The van der Waals surface area contributed by atoms with Gasteiger partial charge in [-0.15, -0.1) is 32.9 Å². The Morgan fingerprint density at radius 2 is 2.09 bits per heavy atom. The van der Waals surface area contributed by atoms with Crippen molar-refractivity contribution in [1.29, 1.82) is 0 Å². The molecule has 0 aliphatic carbocycles. The molecule has 4 heterocycles. The van der Waals surface area contributed by atoms with Gasteiger partial charge in [0.05, 0.1) is 29.8 Å². The SMILES string of the molecule is CCOc1ccc(-c2nc(CSc3nnc(-c4cccs4)n3C[C@@H]3CCCO3)cs2)cc1. The first kappa shape index (κ1) is 21.6. The van der Waals surface area contributed by atoms with E-state index in [4.69, 9.17) is 14.5 Å². The fourth-order valence-electron chi connectivity index (χ4n) is 3.64. The van der Waals surface area contributed by atoms with Gasteiger partial charge < -0.3 is 9.47 Å². The van der Waals surface area contributed by atoms with Crippen molar-refractivity contribution in [3.63, 3.8) is 0 Å². The molecule has 32 heavy (non-hydrogen) atoms. The molecule has 1 aromatic carbocycles. The maximum absolute atomic E-state index is 5.89. The van der Waals surface area contributed by atoms with Gasteiger partial charge in [-0.25, -0.2) is 4.98 Å². The van der Waals surface area contributed by atoms with Crippen LogP contribution in [0, 0.1) is 0 Å². The second kappa shape index (κ2) is 10.2. The Bertz CT molecular complexity index is 1130. The van der Waals surface area contributed by atoms with Crippen LogP contribution in [-0.2, 0) is 17.0 Å². The van der Waals surface area contributed by atoms with Gasteiger partial charge in [-0.1, -0.05) is 17.8 Å². The maximum atomic E-state index is 5.89. The zero-order valence-corrected chi connectivity index (χ0v) is 20.2. The summed E-state index contributed by atoms with van der Waals surface area (Å²) in [7, 11) is 0. The summed E-state index contributed by atoms with van der Waals surface area (Å²) in [5.41, 5.74) is 2.16. The van der Waals surface area contributed by atoms with Crippen LogP contribution in [0.4, 0.5) is 0 Å². The molecule has 166 valence electrons. The van der Waals surface area contributed by atoms with Gasteiger partial charge in [0.1, 0.15) is 10.8 Å². The quantitative estimate of drug-likeness (QED) is 0.272. The van der Waals surface area contributed by atoms with Crippen LogP contribution in [0.25, 0.3) is 21.3 Å². The van der Waals surface area contributed by atoms with E-state index in [9.17, 15) is 0 Å². The van der Waals surface area contributed by atoms with Crippen molar-refractivity contribution in [2.45, 2.75) is 43.3 Å². The highest BCUT2D eigenvalue weighted by atomic mass is 32.2. The summed E-state index contributed by atoms with van der Waals surface area (Å²) in [4.78, 5) is 5.97. The standard InChI is InChI=1S/C23H24N4O2S3/c1-2-28-18-9-7-16(8-10-18)22-24-17(14-31-22)15-32-23-26-25-21(20-6-4-12-30-20)27(23)13-19-5-3-11-29-19/h4,6-10,12,14,19H,2-3,5,11,13,15H2,1H3/t19-/m0/s1. The van der Waals surface area contributed by atoms with E-state index in [1.54, 1.807) is 34.4 Å². The Hall–Kier alpha value is -2.20. The molecule has 9 heteroatoms. The molecule has 0 radical (unpaired) electrons. The van der Waals surface area contributed by atoms with E-state index in [1.165, 1.54) is 0 Å². The van der Waals surface area contributed by atoms with Crippen molar-refractivity contribution < 1.29 is 9.47 Å². The number of ether oxygens (including phenoxy) is 2. The fraction of sp³-hybridized carbons (Fsp3) is 0.348. The number of rotatable bonds is 9. The van der Waals surface area contributed by atoms with E-state index >= 15 is 0 Å². The van der Waals surface area contributed by atoms with Crippen molar-refractivity contribution in [2.75, 3.05) is 13.2 Å². The third-order valence-electron chi connectivity index (χ3n) is 5.18. The van der Waals surface area contributed by atoms with Crippen LogP contribution in [0.3, 0.4) is 0 Å². The molecule has 1 atom stereocenters. The zero-order chi connectivity index (χ0) is 21.8. The number of thioether (sulfide) groups is 1. The largest absolute Gasteiger partial charge is 0.494 e. The summed E-state index contributed by atoms with van der Waals surface area (Å²) in [5, 5.41) is 15.1. The van der Waals surface area contributed by atoms with Crippen LogP contribution < -0.4 is 4.74 Å². The molecule has 4 aromatic rings. The van der Waals surface area contributed by atoms with Crippen molar-refractivity contribution in [3.05, 3.63) is 52.9 Å². The van der Waals surface area contributed by atoms with Gasteiger partial charge in [0.2, 0.25) is 0 Å². The molecule has 5 rings (SSSR count). The number of thiophene rings is 1. The lowest BCUT2D eigenvalue weighted by Gasteiger charge is -2.14. The van der Waals surface area contributed by atoms with Crippen molar-refractivity contribution >= 4 is 34.4 Å². The highest BCUT2D eigenvalue weighted by molar-refractivity contribution is 7.98. The second-order valence-corrected chi connectivity index (χ2v) is 10.2. The Labute approximate surface area is 199 Å². The van der Waals surface area contributed by atoms with E-state index in [0.29, 0.717) is 6.61 Å². The van der Waals surface area contributed by atoms with Crippen molar-refractivity contribution in [3.8, 4) is 27.0 Å². The molecule has 6 nitrogen and oxygen atoms in total. The molecule has 0 spiro atoms. The van der Waals surface area contributed by atoms with Crippen molar-refractivity contribution in [1.82, 2.24) is 19.7 Å². The number of thiazole rings is 1. The zero-order valence-electron chi connectivity index (χ0n) is 17.8. The van der Waals surface area contributed by atoms with Gasteiger partial charge in [-0.2, -0.15) is 0 Å². The Morgan fingerprint density at radius 3 is 2.84 bits per heavy atom. The highest BCUT2D eigenvalue weighted by Crippen LogP contribution is 2.32. The van der Waals surface area contributed by atoms with Gasteiger partial charge in [-0.05, 0) is 55.5 Å². The first-order chi connectivity index (χ1) is 15.8. The van der Waals surface area contributed by atoms with E-state index in [-0.39, 0.29) is 6.10 Å². The molecular weight excluding hydrogens is 460 g/mol. The molecule has 1 saturated heterocycles. The lowest BCUT2D eigenvalue weighted by atomic mass is 10.2. The van der Waals surface area contributed by atoms with Crippen LogP contribution in [0.15, 0.2) is 52.3 Å². The first-order valence-corrected chi connectivity index (χ1v) is 13.4. The van der Waals surface area contributed by atoms with Crippen molar-refractivity contribution in [2.24, 2.45) is 0 Å². The van der Waals surface area contributed by atoms with Gasteiger partial charge in [0.15, 0.2) is 11.0 Å². The molecule has 1 aliphatic heterocycles. The van der Waals surface area contributed by atoms with Crippen LogP contribution >= 0.6 is 34.4 Å². The maximum Gasteiger partial charge on any atom is 0.191 e. The fourth-order valence-corrected chi connectivity index (χ4v) is 6.13. The normalized spacial score (nSPS) is 16.0. The summed E-state index contributed by atoms with van der Waals surface area (Å²) in [6.07, 6.45) is 2.44. The number of hydrogen-bond donors (Lipinski definition) is 0. The molecular formula is C23H24N4O2S3. The second-order valence-electron chi connectivity index (χ2n) is 7.42. The van der Waals surface area contributed by atoms with Crippen LogP contribution in [0.1, 0.15) is 25.5 Å². The smallest absolute Gasteiger partial charge is 0.191 e. The average molecular weight is 485 g/mol. The topological polar surface area (TPSA) is 62.1 Å². The number of aromatic nitrogens is 4. The molecule has 3 aromatic heterocycles. The van der Waals surface area contributed by atoms with Gasteiger partial charge in [-0.3, -0.25) is 4.57 Å². The predicted octanol–water partition coefficient (Wildman–Crippen LogP) is 6.00. The highest BCUT2D eigenvalue weighted by Gasteiger charge is 2.22. The third-order valence-corrected chi connectivity index (χ3v) is 7.99. The van der Waals surface area contributed by atoms with E-state index in [0.717, 1.165) is 69.6 Å². The predicted molar refractivity (Wildman–Crippen MR) is 131 cm³/mol. The van der Waals surface area contributed by atoms with Crippen LogP contribution in [0.5, 0.6) is 5.75 Å². The molecule has 0 bridgehead atoms. The average Bonchev–Trinajstić information content (AvgIpc) is 3.61. The Balaban J connectivity index is 1.30. The number of nitrogens with zero attached hydrogens (tertiary/aromatic N) is 4. The molecule has 0 amide bonds. The van der Waals surface area contributed by atoms with E-state index in [2.05, 4.69) is 49.8 Å². The lowest BCUT2D eigenvalue weighted by Crippen LogP contribution is -2.16. The van der Waals surface area contributed by atoms with Gasteiger partial charge in [0, 0.05) is 23.3 Å². The summed E-state index contributed by atoms with van der Waals surface area (Å²) >= 11 is 5.03. The minimum Gasteiger partial charge on any atom is -0.494 e. The molecule has 1 aliphatic rings. The summed E-state index contributed by atoms with van der Waals surface area (Å²) in [6.45, 7) is 4.29. The summed E-state index contributed by atoms with van der Waals surface area (Å²) in [5.74, 6) is 2.56. The Morgan fingerprint density at radius 1 is 1.19 bits per heavy atom. The van der Waals surface area contributed by atoms with E-state index < -0.39 is 0 Å². The lowest BCUT2D eigenvalue weighted by molar-refractivity contribution is 0.0953. The molecule has 0 saturated carbocycles. The van der Waals surface area contributed by atoms with Crippen LogP contribution in [0.2, 0.25) is 0 Å². The number of hydrogen-bond acceptors (Lipinski definition) is 8. The molecule has 0 N–H and O–H groups in total.